The molecular weight excluding hydrogens is 288 g/mol. The van der Waals surface area contributed by atoms with Crippen molar-refractivity contribution in [3.63, 3.8) is 0 Å². The van der Waals surface area contributed by atoms with Crippen LogP contribution in [0.1, 0.15) is 28.6 Å². The summed E-state index contributed by atoms with van der Waals surface area (Å²) in [6.45, 7) is 4.20. The summed E-state index contributed by atoms with van der Waals surface area (Å²) in [4.78, 5) is 12.0. The zero-order valence-electron chi connectivity index (χ0n) is 13.1. The van der Waals surface area contributed by atoms with Crippen LogP contribution in [0.5, 0.6) is 0 Å². The summed E-state index contributed by atoms with van der Waals surface area (Å²) in [5.74, 6) is 0.599. The summed E-state index contributed by atoms with van der Waals surface area (Å²) in [7, 11) is 0. The number of nitrogens with zero attached hydrogens (tertiary/aromatic N) is 2. The summed E-state index contributed by atoms with van der Waals surface area (Å²) in [5, 5.41) is 6.53. The Bertz CT molecular complexity index is 967. The third kappa shape index (κ3) is 2.12. The van der Waals surface area contributed by atoms with E-state index in [1.165, 1.54) is 16.7 Å². The Morgan fingerprint density at radius 3 is 2.87 bits per heavy atom. The standard InChI is InChI=1S/C18H18N4O/c1-10-3-4-11(2)14(7-10)12-5-6-16-13(8-12)9-15(19)17-20-21-18(23)22(16)17/h3-8,15H,9,19H2,1-2H3,(H,21,23). The van der Waals surface area contributed by atoms with E-state index < -0.39 is 0 Å². The van der Waals surface area contributed by atoms with Crippen LogP contribution in [0.15, 0.2) is 41.2 Å². The Kier molecular flexibility index (Phi) is 2.99. The Balaban J connectivity index is 1.91. The summed E-state index contributed by atoms with van der Waals surface area (Å²) < 4.78 is 1.58. The average Bonchev–Trinajstić information content (AvgIpc) is 2.92. The molecule has 3 aromatic rings. The molecule has 0 spiro atoms. The maximum atomic E-state index is 12.0. The molecule has 4 rings (SSSR count). The Morgan fingerprint density at radius 1 is 1.22 bits per heavy atom. The summed E-state index contributed by atoms with van der Waals surface area (Å²) in [6, 6.07) is 12.3. The van der Waals surface area contributed by atoms with Gasteiger partial charge in [0.15, 0.2) is 5.82 Å². The first-order valence-corrected chi connectivity index (χ1v) is 7.68. The lowest BCUT2D eigenvalue weighted by atomic mass is 9.93. The van der Waals surface area contributed by atoms with Crippen LogP contribution in [0.4, 0.5) is 0 Å². The van der Waals surface area contributed by atoms with Crippen molar-refractivity contribution in [2.24, 2.45) is 5.73 Å². The van der Waals surface area contributed by atoms with Crippen molar-refractivity contribution in [3.8, 4) is 16.8 Å². The zero-order chi connectivity index (χ0) is 16.1. The highest BCUT2D eigenvalue weighted by Gasteiger charge is 2.26. The topological polar surface area (TPSA) is 76.7 Å². The monoisotopic (exact) mass is 306 g/mol. The molecule has 23 heavy (non-hydrogen) atoms. The second kappa shape index (κ2) is 4.93. The van der Waals surface area contributed by atoms with Crippen LogP contribution in [-0.2, 0) is 6.42 Å². The van der Waals surface area contributed by atoms with Gasteiger partial charge in [0.25, 0.3) is 0 Å². The second-order valence-corrected chi connectivity index (χ2v) is 6.19. The third-order valence-corrected chi connectivity index (χ3v) is 4.49. The van der Waals surface area contributed by atoms with E-state index in [4.69, 9.17) is 5.73 Å². The van der Waals surface area contributed by atoms with Crippen LogP contribution in [0.3, 0.4) is 0 Å². The van der Waals surface area contributed by atoms with Gasteiger partial charge in [-0.25, -0.2) is 14.5 Å². The minimum Gasteiger partial charge on any atom is -0.321 e. The SMILES string of the molecule is Cc1ccc(C)c(-c2ccc3c(c2)CC(N)c2n[nH]c(=O)n2-3)c1. The van der Waals surface area contributed by atoms with Crippen molar-refractivity contribution in [2.75, 3.05) is 0 Å². The molecule has 0 radical (unpaired) electrons. The number of nitrogens with two attached hydrogens (primary N) is 1. The van der Waals surface area contributed by atoms with Crippen LogP contribution in [0, 0.1) is 13.8 Å². The Morgan fingerprint density at radius 2 is 2.04 bits per heavy atom. The second-order valence-electron chi connectivity index (χ2n) is 6.19. The fourth-order valence-corrected chi connectivity index (χ4v) is 3.30. The minimum absolute atomic E-state index is 0.240. The molecule has 2 heterocycles. The van der Waals surface area contributed by atoms with Gasteiger partial charge >= 0.3 is 5.69 Å². The molecule has 1 atom stereocenters. The smallest absolute Gasteiger partial charge is 0.321 e. The normalized spacial score (nSPS) is 16.0. The van der Waals surface area contributed by atoms with E-state index in [9.17, 15) is 4.79 Å². The highest BCUT2D eigenvalue weighted by molar-refractivity contribution is 5.70. The molecule has 1 aromatic heterocycles. The van der Waals surface area contributed by atoms with E-state index in [0.717, 1.165) is 16.8 Å². The van der Waals surface area contributed by atoms with Crippen LogP contribution < -0.4 is 11.4 Å². The van der Waals surface area contributed by atoms with Crippen LogP contribution in [0.25, 0.3) is 16.8 Å². The molecule has 0 saturated heterocycles. The van der Waals surface area contributed by atoms with Crippen LogP contribution >= 0.6 is 0 Å². The first-order chi connectivity index (χ1) is 11.0. The molecule has 0 bridgehead atoms. The van der Waals surface area contributed by atoms with Gasteiger partial charge in [-0.1, -0.05) is 29.8 Å². The number of aryl methyl sites for hydroxylation is 2. The fraction of sp³-hybridized carbons (Fsp3) is 0.222. The number of benzene rings is 2. The van der Waals surface area contributed by atoms with Gasteiger partial charge in [0.1, 0.15) is 0 Å². The van der Waals surface area contributed by atoms with Gasteiger partial charge in [-0.05, 0) is 54.7 Å². The van der Waals surface area contributed by atoms with E-state index in [1.807, 2.05) is 6.07 Å². The number of hydrogen-bond donors (Lipinski definition) is 2. The Hall–Kier alpha value is -2.66. The van der Waals surface area contributed by atoms with E-state index in [0.29, 0.717) is 12.2 Å². The van der Waals surface area contributed by atoms with Crippen molar-refractivity contribution in [2.45, 2.75) is 26.3 Å². The van der Waals surface area contributed by atoms with Gasteiger partial charge in [-0.2, -0.15) is 5.10 Å². The predicted octanol–water partition coefficient (Wildman–Crippen LogP) is 2.40. The fourth-order valence-electron chi connectivity index (χ4n) is 3.30. The van der Waals surface area contributed by atoms with Crippen molar-refractivity contribution < 1.29 is 0 Å². The minimum atomic E-state index is -0.268. The predicted molar refractivity (Wildman–Crippen MR) is 89.7 cm³/mol. The molecule has 5 heteroatoms. The van der Waals surface area contributed by atoms with E-state index >= 15 is 0 Å². The summed E-state index contributed by atoms with van der Waals surface area (Å²) in [5.41, 5.74) is 12.7. The van der Waals surface area contributed by atoms with Crippen molar-refractivity contribution in [1.82, 2.24) is 14.8 Å². The highest BCUT2D eigenvalue weighted by Crippen LogP contribution is 2.32. The van der Waals surface area contributed by atoms with Crippen LogP contribution in [-0.4, -0.2) is 14.8 Å². The molecule has 2 aromatic carbocycles. The lowest BCUT2D eigenvalue weighted by molar-refractivity contribution is 0.619. The van der Waals surface area contributed by atoms with Crippen molar-refractivity contribution in [1.29, 1.82) is 0 Å². The lowest BCUT2D eigenvalue weighted by Crippen LogP contribution is -2.28. The van der Waals surface area contributed by atoms with Gasteiger partial charge in [0.2, 0.25) is 0 Å². The third-order valence-electron chi connectivity index (χ3n) is 4.49. The maximum absolute atomic E-state index is 12.0. The number of H-pyrrole nitrogens is 1. The maximum Gasteiger partial charge on any atom is 0.347 e. The number of hydrogen-bond acceptors (Lipinski definition) is 3. The number of aromatic nitrogens is 3. The number of fused-ring (bicyclic) bond motifs is 3. The largest absolute Gasteiger partial charge is 0.347 e. The molecule has 0 saturated carbocycles. The number of aromatic amines is 1. The molecule has 0 amide bonds. The molecule has 0 fully saturated rings. The van der Waals surface area contributed by atoms with Gasteiger partial charge in [0.05, 0.1) is 11.7 Å². The van der Waals surface area contributed by atoms with Gasteiger partial charge in [-0.15, -0.1) is 0 Å². The molecule has 0 aliphatic carbocycles. The van der Waals surface area contributed by atoms with Crippen LogP contribution in [0.2, 0.25) is 0 Å². The summed E-state index contributed by atoms with van der Waals surface area (Å²) >= 11 is 0. The van der Waals surface area contributed by atoms with Crippen molar-refractivity contribution in [3.05, 3.63) is 69.4 Å². The van der Waals surface area contributed by atoms with Crippen molar-refractivity contribution >= 4 is 0 Å². The quantitative estimate of drug-likeness (QED) is 0.725. The molecule has 1 unspecified atom stereocenters. The highest BCUT2D eigenvalue weighted by atomic mass is 16.1. The Labute approximate surface area is 133 Å². The number of nitrogens with one attached hydrogen (secondary N) is 1. The molecule has 5 nitrogen and oxygen atoms in total. The van der Waals surface area contributed by atoms with Gasteiger partial charge < -0.3 is 5.73 Å². The zero-order valence-corrected chi connectivity index (χ0v) is 13.1. The molecule has 116 valence electrons. The number of rotatable bonds is 1. The first kappa shape index (κ1) is 14.0. The van der Waals surface area contributed by atoms with E-state index in [-0.39, 0.29) is 11.7 Å². The van der Waals surface area contributed by atoms with E-state index in [1.54, 1.807) is 4.57 Å². The molecular formula is C18H18N4O. The molecule has 1 aliphatic heterocycles. The molecule has 3 N–H and O–H groups in total. The summed E-state index contributed by atoms with van der Waals surface area (Å²) in [6.07, 6.45) is 0.679. The van der Waals surface area contributed by atoms with E-state index in [2.05, 4.69) is 54.4 Å². The first-order valence-electron chi connectivity index (χ1n) is 7.68. The average molecular weight is 306 g/mol. The van der Waals surface area contributed by atoms with Gasteiger partial charge in [-0.3, -0.25) is 0 Å². The lowest BCUT2D eigenvalue weighted by Gasteiger charge is -2.22. The molecule has 1 aliphatic rings. The van der Waals surface area contributed by atoms with Gasteiger partial charge in [0, 0.05) is 0 Å².